The number of hydrogen-bond donors (Lipinski definition) is 1. The Bertz CT molecular complexity index is 1480. The maximum atomic E-state index is 13.0. The summed E-state index contributed by atoms with van der Waals surface area (Å²) in [5.74, 6) is -0.527. The molecule has 0 fully saturated rings. The highest BCUT2D eigenvalue weighted by Crippen LogP contribution is 2.35. The van der Waals surface area contributed by atoms with E-state index in [-0.39, 0.29) is 0 Å². The van der Waals surface area contributed by atoms with Crippen molar-refractivity contribution >= 4 is 27.7 Å². The molecule has 0 saturated heterocycles. The Balaban J connectivity index is 1.72. The molecular formula is C27H19F3N2O. The quantitative estimate of drug-likeness (QED) is 0.332. The maximum Gasteiger partial charge on any atom is 0.416 e. The Labute approximate surface area is 187 Å². The smallest absolute Gasteiger partial charge is 0.366 e. The van der Waals surface area contributed by atoms with Crippen LogP contribution >= 0.6 is 0 Å². The molecule has 5 rings (SSSR count). The van der Waals surface area contributed by atoms with E-state index in [0.29, 0.717) is 12.1 Å². The summed E-state index contributed by atoms with van der Waals surface area (Å²) in [6.45, 7) is 0.346. The number of nitrogens with zero attached hydrogens (tertiary/aromatic N) is 1. The minimum Gasteiger partial charge on any atom is -0.366 e. The first kappa shape index (κ1) is 20.8. The first-order valence-electron chi connectivity index (χ1n) is 10.4. The van der Waals surface area contributed by atoms with Gasteiger partial charge in [0.1, 0.15) is 0 Å². The summed E-state index contributed by atoms with van der Waals surface area (Å²) < 4.78 is 41.0. The topological polar surface area (TPSA) is 48.0 Å². The van der Waals surface area contributed by atoms with Gasteiger partial charge in [-0.05, 0) is 47.0 Å². The Hall–Kier alpha value is -4.06. The van der Waals surface area contributed by atoms with E-state index < -0.39 is 17.6 Å². The Morgan fingerprint density at radius 1 is 0.788 bits per heavy atom. The number of amides is 1. The van der Waals surface area contributed by atoms with E-state index in [0.717, 1.165) is 50.6 Å². The monoisotopic (exact) mass is 444 g/mol. The molecule has 0 radical (unpaired) electrons. The standard InChI is InChI=1S/C27H19F3N2O/c28-27(29,30)20-12-9-17(10-13-20)16-32-23-8-4-7-22(26(31)33)25(23)21-14-11-19(15-24(21)32)18-5-2-1-3-6-18/h1-15H,16H2,(H2,31,33). The van der Waals surface area contributed by atoms with Crippen LogP contribution in [0.3, 0.4) is 0 Å². The number of primary amides is 1. The van der Waals surface area contributed by atoms with Crippen LogP contribution in [0.25, 0.3) is 32.9 Å². The number of aromatic nitrogens is 1. The third kappa shape index (κ3) is 3.74. The average molecular weight is 444 g/mol. The van der Waals surface area contributed by atoms with Gasteiger partial charge in [-0.1, -0.05) is 60.7 Å². The number of carbonyl (C=O) groups is 1. The van der Waals surface area contributed by atoms with Gasteiger partial charge in [0.15, 0.2) is 0 Å². The molecule has 6 heteroatoms. The second-order valence-corrected chi connectivity index (χ2v) is 7.94. The van der Waals surface area contributed by atoms with Gasteiger partial charge in [-0.25, -0.2) is 0 Å². The number of hydrogen-bond acceptors (Lipinski definition) is 1. The van der Waals surface area contributed by atoms with Crippen LogP contribution in [-0.4, -0.2) is 10.5 Å². The molecule has 0 aliphatic heterocycles. The van der Waals surface area contributed by atoms with Crippen LogP contribution in [0.1, 0.15) is 21.5 Å². The number of benzene rings is 4. The van der Waals surface area contributed by atoms with Gasteiger partial charge in [0.2, 0.25) is 5.91 Å². The third-order valence-corrected chi connectivity index (χ3v) is 5.89. The molecule has 0 aliphatic rings. The highest BCUT2D eigenvalue weighted by atomic mass is 19.4. The molecule has 0 saturated carbocycles. The van der Waals surface area contributed by atoms with Gasteiger partial charge in [-0.15, -0.1) is 0 Å². The molecule has 5 aromatic rings. The zero-order valence-electron chi connectivity index (χ0n) is 17.4. The van der Waals surface area contributed by atoms with Crippen LogP contribution in [0.15, 0.2) is 91.0 Å². The second-order valence-electron chi connectivity index (χ2n) is 7.94. The van der Waals surface area contributed by atoms with Crippen molar-refractivity contribution in [3.8, 4) is 11.1 Å². The summed E-state index contributed by atoms with van der Waals surface area (Å²) >= 11 is 0. The van der Waals surface area contributed by atoms with E-state index in [2.05, 4.69) is 0 Å². The summed E-state index contributed by atoms with van der Waals surface area (Å²) in [4.78, 5) is 12.2. The number of alkyl halides is 3. The average Bonchev–Trinajstić information content (AvgIpc) is 3.12. The largest absolute Gasteiger partial charge is 0.416 e. The van der Waals surface area contributed by atoms with Gasteiger partial charge >= 0.3 is 6.18 Å². The van der Waals surface area contributed by atoms with Crippen LogP contribution in [-0.2, 0) is 12.7 Å². The normalized spacial score (nSPS) is 11.8. The van der Waals surface area contributed by atoms with E-state index in [1.54, 1.807) is 12.1 Å². The molecule has 1 amide bonds. The van der Waals surface area contributed by atoms with E-state index in [4.69, 9.17) is 5.73 Å². The van der Waals surface area contributed by atoms with Gasteiger partial charge < -0.3 is 10.3 Å². The van der Waals surface area contributed by atoms with Crippen LogP contribution < -0.4 is 5.73 Å². The lowest BCUT2D eigenvalue weighted by Gasteiger charge is -2.11. The lowest BCUT2D eigenvalue weighted by atomic mass is 10.0. The van der Waals surface area contributed by atoms with Crippen molar-refractivity contribution < 1.29 is 18.0 Å². The molecule has 0 spiro atoms. The first-order chi connectivity index (χ1) is 15.8. The SMILES string of the molecule is NC(=O)c1cccc2c1c1ccc(-c3ccccc3)cc1n2Cc1ccc(C(F)(F)F)cc1. The second kappa shape index (κ2) is 7.81. The van der Waals surface area contributed by atoms with Crippen molar-refractivity contribution in [1.82, 2.24) is 4.57 Å². The predicted molar refractivity (Wildman–Crippen MR) is 124 cm³/mol. The van der Waals surface area contributed by atoms with Crippen LogP contribution in [0.2, 0.25) is 0 Å². The molecule has 0 aliphatic carbocycles. The molecule has 2 N–H and O–H groups in total. The lowest BCUT2D eigenvalue weighted by molar-refractivity contribution is -0.137. The fourth-order valence-corrected chi connectivity index (χ4v) is 4.31. The van der Waals surface area contributed by atoms with Crippen LogP contribution in [0.4, 0.5) is 13.2 Å². The van der Waals surface area contributed by atoms with Gasteiger partial charge in [-0.2, -0.15) is 13.2 Å². The van der Waals surface area contributed by atoms with Gasteiger partial charge in [0.25, 0.3) is 0 Å². The zero-order chi connectivity index (χ0) is 23.2. The molecule has 0 bridgehead atoms. The number of fused-ring (bicyclic) bond motifs is 3. The first-order valence-corrected chi connectivity index (χ1v) is 10.4. The lowest BCUT2D eigenvalue weighted by Crippen LogP contribution is -2.11. The Kier molecular flexibility index (Phi) is 4.93. The highest BCUT2D eigenvalue weighted by Gasteiger charge is 2.30. The summed E-state index contributed by atoms with van der Waals surface area (Å²) in [5, 5.41) is 1.61. The fourth-order valence-electron chi connectivity index (χ4n) is 4.31. The minimum atomic E-state index is -4.38. The van der Waals surface area contributed by atoms with E-state index in [1.807, 2.05) is 59.2 Å². The molecule has 0 atom stereocenters. The molecular weight excluding hydrogens is 425 g/mol. The number of halogens is 3. The number of carbonyl (C=O) groups excluding carboxylic acids is 1. The molecule has 33 heavy (non-hydrogen) atoms. The van der Waals surface area contributed by atoms with Crippen molar-refractivity contribution in [3.63, 3.8) is 0 Å². The summed E-state index contributed by atoms with van der Waals surface area (Å²) in [6, 6.07) is 26.4. The van der Waals surface area contributed by atoms with Crippen LogP contribution in [0, 0.1) is 0 Å². The molecule has 1 aromatic heterocycles. The van der Waals surface area contributed by atoms with E-state index in [1.165, 1.54) is 12.1 Å². The number of rotatable bonds is 4. The van der Waals surface area contributed by atoms with Gasteiger partial charge in [0, 0.05) is 22.9 Å². The molecule has 164 valence electrons. The third-order valence-electron chi connectivity index (χ3n) is 5.89. The van der Waals surface area contributed by atoms with Crippen molar-refractivity contribution in [3.05, 3.63) is 108 Å². The molecule has 3 nitrogen and oxygen atoms in total. The minimum absolute atomic E-state index is 0.346. The van der Waals surface area contributed by atoms with E-state index in [9.17, 15) is 18.0 Å². The Morgan fingerprint density at radius 3 is 2.18 bits per heavy atom. The Morgan fingerprint density at radius 2 is 1.52 bits per heavy atom. The van der Waals surface area contributed by atoms with Crippen molar-refractivity contribution in [2.24, 2.45) is 5.73 Å². The summed E-state index contributed by atoms with van der Waals surface area (Å²) in [5.41, 5.74) is 9.82. The summed E-state index contributed by atoms with van der Waals surface area (Å²) in [6.07, 6.45) is -4.38. The zero-order valence-corrected chi connectivity index (χ0v) is 17.4. The van der Waals surface area contributed by atoms with Crippen molar-refractivity contribution in [2.75, 3.05) is 0 Å². The van der Waals surface area contributed by atoms with Crippen molar-refractivity contribution in [1.29, 1.82) is 0 Å². The maximum absolute atomic E-state index is 13.0. The fraction of sp³-hybridized carbons (Fsp3) is 0.0741. The van der Waals surface area contributed by atoms with E-state index >= 15 is 0 Å². The van der Waals surface area contributed by atoms with Crippen LogP contribution in [0.5, 0.6) is 0 Å². The number of nitrogens with two attached hydrogens (primary N) is 1. The summed E-state index contributed by atoms with van der Waals surface area (Å²) in [7, 11) is 0. The van der Waals surface area contributed by atoms with Crippen molar-refractivity contribution in [2.45, 2.75) is 12.7 Å². The predicted octanol–water partition coefficient (Wildman–Crippen LogP) is 6.63. The molecule has 4 aromatic carbocycles. The highest BCUT2D eigenvalue weighted by molar-refractivity contribution is 6.18. The molecule has 0 unspecified atom stereocenters. The van der Waals surface area contributed by atoms with Gasteiger partial charge in [0.05, 0.1) is 16.6 Å². The van der Waals surface area contributed by atoms with Gasteiger partial charge in [-0.3, -0.25) is 4.79 Å². The molecule has 1 heterocycles.